The molecule has 1 heterocycles. The summed E-state index contributed by atoms with van der Waals surface area (Å²) in [6.07, 6.45) is -3.84. The van der Waals surface area contributed by atoms with Gasteiger partial charge in [0, 0.05) is 25.7 Å². The van der Waals surface area contributed by atoms with Gasteiger partial charge in [0.2, 0.25) is 0 Å². The first-order valence-corrected chi connectivity index (χ1v) is 6.65. The number of rotatable bonds is 4. The van der Waals surface area contributed by atoms with Crippen molar-refractivity contribution in [1.29, 1.82) is 0 Å². The summed E-state index contributed by atoms with van der Waals surface area (Å²) in [5.41, 5.74) is 0.189. The third-order valence-corrected chi connectivity index (χ3v) is 3.68. The molecule has 0 saturated carbocycles. The number of aliphatic hydroxyl groups excluding tert-OH is 1. The van der Waals surface area contributed by atoms with Crippen molar-refractivity contribution in [2.75, 3.05) is 26.7 Å². The number of nitrogens with zero attached hydrogens (tertiary/aromatic N) is 1. The first kappa shape index (κ1) is 15.3. The van der Waals surface area contributed by atoms with Gasteiger partial charge in [0.15, 0.2) is 0 Å². The average Bonchev–Trinajstić information content (AvgIpc) is 2.81. The minimum Gasteiger partial charge on any atom is -0.392 e. The van der Waals surface area contributed by atoms with Crippen LogP contribution in [0, 0.1) is 0 Å². The van der Waals surface area contributed by atoms with Crippen LogP contribution in [0.5, 0.6) is 0 Å². The number of halogens is 3. The fraction of sp³-hybridized carbons (Fsp3) is 0.571. The second kappa shape index (κ2) is 6.11. The van der Waals surface area contributed by atoms with Crippen LogP contribution in [-0.4, -0.2) is 42.8 Å². The van der Waals surface area contributed by atoms with Crippen LogP contribution in [-0.2, 0) is 6.18 Å². The first-order chi connectivity index (χ1) is 9.40. The van der Waals surface area contributed by atoms with Crippen molar-refractivity contribution in [2.24, 2.45) is 0 Å². The number of benzene rings is 1. The molecule has 0 bridgehead atoms. The number of likely N-dealkylation sites (N-methyl/N-ethyl adjacent to an activating group) is 1. The van der Waals surface area contributed by atoms with Crippen molar-refractivity contribution in [3.05, 3.63) is 35.4 Å². The van der Waals surface area contributed by atoms with Crippen molar-refractivity contribution < 1.29 is 18.3 Å². The van der Waals surface area contributed by atoms with E-state index in [9.17, 15) is 18.3 Å². The highest BCUT2D eigenvalue weighted by Gasteiger charge is 2.30. The average molecular weight is 288 g/mol. The van der Waals surface area contributed by atoms with E-state index in [0.29, 0.717) is 13.1 Å². The smallest absolute Gasteiger partial charge is 0.392 e. The molecule has 0 radical (unpaired) electrons. The number of β-amino-alcohol motifs (C(OH)–C–C–N with tert-alkyl or cyclic N) is 1. The number of nitrogens with one attached hydrogen (secondary N) is 1. The third kappa shape index (κ3) is 3.71. The molecule has 1 fully saturated rings. The van der Waals surface area contributed by atoms with E-state index in [2.05, 4.69) is 10.2 Å². The monoisotopic (exact) mass is 288 g/mol. The van der Waals surface area contributed by atoms with Crippen molar-refractivity contribution in [3.8, 4) is 0 Å². The molecule has 112 valence electrons. The second-order valence-corrected chi connectivity index (χ2v) is 5.16. The lowest BCUT2D eigenvalue weighted by Crippen LogP contribution is -2.33. The van der Waals surface area contributed by atoms with Crippen molar-refractivity contribution >= 4 is 0 Å². The van der Waals surface area contributed by atoms with Crippen molar-refractivity contribution in [2.45, 2.75) is 24.7 Å². The standard InChI is InChI=1S/C14H19F3N2O/c1-18-13(9-19-7-6-12(20)8-19)10-2-4-11(5-3-10)14(15,16)17/h2-5,12-13,18,20H,6-9H2,1H3/t12-,13+/m0/s1. The van der Waals surface area contributed by atoms with E-state index in [1.165, 1.54) is 12.1 Å². The molecular formula is C14H19F3N2O. The Bertz CT molecular complexity index is 433. The van der Waals surface area contributed by atoms with Gasteiger partial charge in [-0.15, -0.1) is 0 Å². The van der Waals surface area contributed by atoms with Crippen LogP contribution in [0.4, 0.5) is 13.2 Å². The zero-order chi connectivity index (χ0) is 14.8. The predicted molar refractivity (Wildman–Crippen MR) is 70.3 cm³/mol. The van der Waals surface area contributed by atoms with Gasteiger partial charge >= 0.3 is 6.18 Å². The second-order valence-electron chi connectivity index (χ2n) is 5.16. The molecule has 3 nitrogen and oxygen atoms in total. The molecule has 0 aromatic heterocycles. The Morgan fingerprint density at radius 2 is 2.00 bits per heavy atom. The Hall–Kier alpha value is -1.11. The number of hydrogen-bond acceptors (Lipinski definition) is 3. The van der Waals surface area contributed by atoms with Crippen LogP contribution in [0.3, 0.4) is 0 Å². The largest absolute Gasteiger partial charge is 0.416 e. The zero-order valence-corrected chi connectivity index (χ0v) is 11.3. The number of hydrogen-bond donors (Lipinski definition) is 2. The van der Waals surface area contributed by atoms with Gasteiger partial charge in [0.1, 0.15) is 0 Å². The van der Waals surface area contributed by atoms with Crippen LogP contribution in [0.15, 0.2) is 24.3 Å². The topological polar surface area (TPSA) is 35.5 Å². The highest BCUT2D eigenvalue weighted by Crippen LogP contribution is 2.30. The summed E-state index contributed by atoms with van der Waals surface area (Å²) in [6.45, 7) is 2.12. The summed E-state index contributed by atoms with van der Waals surface area (Å²) in [6, 6.07) is 5.20. The Morgan fingerprint density at radius 3 is 2.45 bits per heavy atom. The molecule has 6 heteroatoms. The minimum absolute atomic E-state index is 0.0393. The molecule has 20 heavy (non-hydrogen) atoms. The van der Waals surface area contributed by atoms with Crippen LogP contribution in [0.1, 0.15) is 23.6 Å². The third-order valence-electron chi connectivity index (χ3n) is 3.68. The maximum Gasteiger partial charge on any atom is 0.416 e. The lowest BCUT2D eigenvalue weighted by Gasteiger charge is -2.23. The Morgan fingerprint density at radius 1 is 1.35 bits per heavy atom. The Balaban J connectivity index is 2.04. The van der Waals surface area contributed by atoms with Gasteiger partial charge in [0.05, 0.1) is 11.7 Å². The summed E-state index contributed by atoms with van der Waals surface area (Å²) in [7, 11) is 1.79. The van der Waals surface area contributed by atoms with Gasteiger partial charge in [-0.1, -0.05) is 12.1 Å². The number of likely N-dealkylation sites (tertiary alicyclic amines) is 1. The number of alkyl halides is 3. The summed E-state index contributed by atoms with van der Waals surface area (Å²) in [4.78, 5) is 2.11. The number of aliphatic hydroxyl groups is 1. The summed E-state index contributed by atoms with van der Waals surface area (Å²) in [5.74, 6) is 0. The SMILES string of the molecule is CN[C@H](CN1CC[C@H](O)C1)c1ccc(C(F)(F)F)cc1. The summed E-state index contributed by atoms with van der Waals surface area (Å²) < 4.78 is 37.6. The molecule has 0 spiro atoms. The van der Waals surface area contributed by atoms with Gasteiger partial charge in [-0.05, 0) is 31.2 Å². The van der Waals surface area contributed by atoms with Crippen molar-refractivity contribution in [3.63, 3.8) is 0 Å². The normalized spacial score (nSPS) is 22.1. The van der Waals surface area contributed by atoms with Gasteiger partial charge < -0.3 is 10.4 Å². The summed E-state index contributed by atoms with van der Waals surface area (Å²) in [5, 5.41) is 12.6. The van der Waals surface area contributed by atoms with E-state index in [0.717, 1.165) is 30.7 Å². The minimum atomic E-state index is -4.30. The quantitative estimate of drug-likeness (QED) is 0.890. The molecule has 1 saturated heterocycles. The van der Waals surface area contributed by atoms with Crippen LogP contribution >= 0.6 is 0 Å². The highest BCUT2D eigenvalue weighted by atomic mass is 19.4. The van der Waals surface area contributed by atoms with Gasteiger partial charge in [-0.25, -0.2) is 0 Å². The Labute approximate surface area is 116 Å². The van der Waals surface area contributed by atoms with E-state index >= 15 is 0 Å². The molecule has 2 rings (SSSR count). The lowest BCUT2D eigenvalue weighted by atomic mass is 10.0. The molecule has 0 amide bonds. The van der Waals surface area contributed by atoms with E-state index in [1.54, 1.807) is 7.05 Å². The van der Waals surface area contributed by atoms with E-state index < -0.39 is 11.7 Å². The molecule has 1 aromatic rings. The molecule has 0 aliphatic carbocycles. The molecule has 0 unspecified atom stereocenters. The predicted octanol–water partition coefficient (Wildman–Crippen LogP) is 2.03. The lowest BCUT2D eigenvalue weighted by molar-refractivity contribution is -0.137. The van der Waals surface area contributed by atoms with Gasteiger partial charge in [-0.2, -0.15) is 13.2 Å². The fourth-order valence-electron chi connectivity index (χ4n) is 2.50. The van der Waals surface area contributed by atoms with Crippen LogP contribution in [0.2, 0.25) is 0 Å². The molecule has 2 atom stereocenters. The zero-order valence-electron chi connectivity index (χ0n) is 11.3. The van der Waals surface area contributed by atoms with E-state index in [-0.39, 0.29) is 12.1 Å². The first-order valence-electron chi connectivity index (χ1n) is 6.65. The van der Waals surface area contributed by atoms with E-state index in [4.69, 9.17) is 0 Å². The van der Waals surface area contributed by atoms with Gasteiger partial charge in [0.25, 0.3) is 0 Å². The van der Waals surface area contributed by atoms with Gasteiger partial charge in [-0.3, -0.25) is 4.90 Å². The molecule has 1 aromatic carbocycles. The fourth-order valence-corrected chi connectivity index (χ4v) is 2.50. The van der Waals surface area contributed by atoms with Crippen molar-refractivity contribution in [1.82, 2.24) is 10.2 Å². The van der Waals surface area contributed by atoms with Crippen LogP contribution < -0.4 is 5.32 Å². The maximum absolute atomic E-state index is 12.5. The summed E-state index contributed by atoms with van der Waals surface area (Å²) >= 11 is 0. The maximum atomic E-state index is 12.5. The molecule has 1 aliphatic rings. The van der Waals surface area contributed by atoms with Crippen LogP contribution in [0.25, 0.3) is 0 Å². The highest BCUT2D eigenvalue weighted by molar-refractivity contribution is 5.27. The molecular weight excluding hydrogens is 269 g/mol. The molecule has 2 N–H and O–H groups in total. The Kier molecular flexibility index (Phi) is 4.67. The molecule has 1 aliphatic heterocycles. The van der Waals surface area contributed by atoms with E-state index in [1.807, 2.05) is 0 Å².